The topological polar surface area (TPSA) is 53.9 Å². The smallest absolute Gasteiger partial charge is 0.257 e. The molecule has 1 aliphatic carbocycles. The number of nitrogens with zero attached hydrogens (tertiary/aromatic N) is 1. The van der Waals surface area contributed by atoms with E-state index in [2.05, 4.69) is 12.4 Å². The maximum atomic E-state index is 13.3. The molecule has 2 aliphatic rings. The average molecular weight is 385 g/mol. The zero-order valence-corrected chi connectivity index (χ0v) is 16.7. The number of piperazine rings is 1. The first-order valence-electron chi connectivity index (χ1n) is 9.66. The van der Waals surface area contributed by atoms with Gasteiger partial charge in [0.15, 0.2) is 0 Å². The number of benzene rings is 1. The summed E-state index contributed by atoms with van der Waals surface area (Å²) in [5.41, 5.74) is 3.51. The molecule has 1 aromatic heterocycles. The van der Waals surface area contributed by atoms with Crippen LogP contribution in [-0.2, 0) is 12.8 Å². The van der Waals surface area contributed by atoms with E-state index in [0.717, 1.165) is 67.1 Å². The molecule has 2 aromatic rings. The second-order valence-electron chi connectivity index (χ2n) is 7.58. The third-order valence-corrected chi connectivity index (χ3v) is 6.86. The molecule has 1 aliphatic heterocycles. The van der Waals surface area contributed by atoms with Crippen molar-refractivity contribution in [3.05, 3.63) is 51.4 Å². The highest BCUT2D eigenvalue weighted by atomic mass is 32.1. The number of thiophene rings is 1. The number of nitrogens with one attached hydrogen (secondary N) is 2. The summed E-state index contributed by atoms with van der Waals surface area (Å²) in [4.78, 5) is 30.8. The van der Waals surface area contributed by atoms with Crippen LogP contribution < -0.4 is 10.2 Å². The third kappa shape index (κ3) is 3.51. The van der Waals surface area contributed by atoms with Crippen molar-refractivity contribution in [2.45, 2.75) is 26.2 Å². The molecule has 2 amide bonds. The Balaban J connectivity index is 1.63. The first-order valence-corrected chi connectivity index (χ1v) is 10.5. The molecule has 1 aromatic carbocycles. The van der Waals surface area contributed by atoms with Crippen LogP contribution >= 0.6 is 11.3 Å². The minimum absolute atomic E-state index is 0.0852. The molecule has 6 heteroatoms. The quantitative estimate of drug-likeness (QED) is 0.847. The van der Waals surface area contributed by atoms with Crippen molar-refractivity contribution in [1.29, 1.82) is 0 Å². The summed E-state index contributed by atoms with van der Waals surface area (Å²) >= 11 is 1.59. The van der Waals surface area contributed by atoms with E-state index in [1.165, 1.54) is 9.78 Å². The molecule has 0 bridgehead atoms. The van der Waals surface area contributed by atoms with Gasteiger partial charge in [-0.05, 0) is 43.4 Å². The number of fused-ring (bicyclic) bond motifs is 1. The first kappa shape index (κ1) is 18.2. The lowest BCUT2D eigenvalue weighted by atomic mass is 10.1. The number of carbonyl (C=O) groups is 2. The van der Waals surface area contributed by atoms with Crippen LogP contribution in [0.1, 0.15) is 43.1 Å². The zero-order chi connectivity index (χ0) is 19.0. The van der Waals surface area contributed by atoms with E-state index in [1.54, 1.807) is 11.3 Å². The maximum Gasteiger partial charge on any atom is 0.257 e. The number of amides is 2. The summed E-state index contributed by atoms with van der Waals surface area (Å²) in [6.45, 7) is 5.44. The van der Waals surface area contributed by atoms with Crippen LogP contribution in [0.2, 0.25) is 0 Å². The van der Waals surface area contributed by atoms with Crippen LogP contribution in [0.15, 0.2) is 24.3 Å². The van der Waals surface area contributed by atoms with Gasteiger partial charge in [0.05, 0.1) is 38.8 Å². The highest BCUT2D eigenvalue weighted by Crippen LogP contribution is 2.40. The largest absolute Gasteiger partial charge is 0.334 e. The number of hydrogen-bond acceptors (Lipinski definition) is 3. The standard InChI is InChI=1S/C21H25N3O2S/c1-14-6-3-4-7-15(14)19(25)22-20-18(16-8-5-9-17(16)27-20)21(26)24-12-10-23(2)11-13-24/h3-4,6-7H,5,8-13H2,1-2H3,(H,22,25)/p+1. The molecule has 5 nitrogen and oxygen atoms in total. The van der Waals surface area contributed by atoms with Gasteiger partial charge in [-0.15, -0.1) is 11.3 Å². The van der Waals surface area contributed by atoms with Gasteiger partial charge in [-0.2, -0.15) is 0 Å². The monoisotopic (exact) mass is 384 g/mol. The Bertz CT molecular complexity index is 882. The molecular formula is C21H26N3O2S+. The number of rotatable bonds is 3. The van der Waals surface area contributed by atoms with E-state index in [-0.39, 0.29) is 11.8 Å². The fourth-order valence-electron chi connectivity index (χ4n) is 3.97. The average Bonchev–Trinajstić information content (AvgIpc) is 3.23. The van der Waals surface area contributed by atoms with Crippen LogP contribution in [0.25, 0.3) is 0 Å². The second kappa shape index (κ2) is 7.44. The van der Waals surface area contributed by atoms with Gasteiger partial charge in [0, 0.05) is 10.4 Å². The van der Waals surface area contributed by atoms with E-state index < -0.39 is 0 Å². The van der Waals surface area contributed by atoms with Gasteiger partial charge in [-0.25, -0.2) is 0 Å². The minimum Gasteiger partial charge on any atom is -0.334 e. The zero-order valence-electron chi connectivity index (χ0n) is 15.9. The van der Waals surface area contributed by atoms with E-state index >= 15 is 0 Å². The fourth-order valence-corrected chi connectivity index (χ4v) is 5.24. The van der Waals surface area contributed by atoms with E-state index in [9.17, 15) is 9.59 Å². The normalized spacial score (nSPS) is 17.0. The molecule has 0 spiro atoms. The SMILES string of the molecule is Cc1ccccc1C(=O)Nc1sc2c(c1C(=O)N1CC[NH+](C)CC1)CCC2. The van der Waals surface area contributed by atoms with Gasteiger partial charge in [-0.3, -0.25) is 9.59 Å². The molecule has 4 rings (SSSR count). The predicted molar refractivity (Wildman–Crippen MR) is 108 cm³/mol. The van der Waals surface area contributed by atoms with Crippen LogP contribution in [-0.4, -0.2) is 49.9 Å². The molecule has 2 N–H and O–H groups in total. The van der Waals surface area contributed by atoms with Crippen molar-refractivity contribution in [3.8, 4) is 0 Å². The Morgan fingerprint density at radius 2 is 1.89 bits per heavy atom. The number of hydrogen-bond donors (Lipinski definition) is 2. The fraction of sp³-hybridized carbons (Fsp3) is 0.429. The summed E-state index contributed by atoms with van der Waals surface area (Å²) in [5.74, 6) is -0.0492. The molecule has 1 fully saturated rings. The molecule has 0 saturated carbocycles. The van der Waals surface area contributed by atoms with Gasteiger partial charge in [0.2, 0.25) is 0 Å². The van der Waals surface area contributed by atoms with Crippen LogP contribution in [0, 0.1) is 6.92 Å². The lowest BCUT2D eigenvalue weighted by molar-refractivity contribution is -0.883. The summed E-state index contributed by atoms with van der Waals surface area (Å²) in [7, 11) is 2.16. The van der Waals surface area contributed by atoms with Crippen LogP contribution in [0.5, 0.6) is 0 Å². The minimum atomic E-state index is -0.134. The Labute approximate surface area is 164 Å². The molecule has 0 unspecified atom stereocenters. The Morgan fingerprint density at radius 1 is 1.15 bits per heavy atom. The first-order chi connectivity index (χ1) is 13.0. The Morgan fingerprint density at radius 3 is 2.63 bits per heavy atom. The van der Waals surface area contributed by atoms with Crippen molar-refractivity contribution >= 4 is 28.2 Å². The van der Waals surface area contributed by atoms with Gasteiger partial charge >= 0.3 is 0 Å². The molecule has 27 heavy (non-hydrogen) atoms. The van der Waals surface area contributed by atoms with E-state index in [0.29, 0.717) is 5.56 Å². The summed E-state index contributed by atoms with van der Waals surface area (Å²) in [6, 6.07) is 7.56. The summed E-state index contributed by atoms with van der Waals surface area (Å²) < 4.78 is 0. The highest BCUT2D eigenvalue weighted by Gasteiger charge is 2.32. The number of likely N-dealkylation sites (N-methyl/N-ethyl adjacent to an activating group) is 1. The molecule has 142 valence electrons. The lowest BCUT2D eigenvalue weighted by Gasteiger charge is -2.30. The second-order valence-corrected chi connectivity index (χ2v) is 8.68. The number of carbonyl (C=O) groups excluding carboxylic acids is 2. The molecule has 2 heterocycles. The van der Waals surface area contributed by atoms with Crippen molar-refractivity contribution in [3.63, 3.8) is 0 Å². The molecule has 0 atom stereocenters. The van der Waals surface area contributed by atoms with Crippen molar-refractivity contribution in [1.82, 2.24) is 4.90 Å². The summed E-state index contributed by atoms with van der Waals surface area (Å²) in [5, 5.41) is 3.78. The lowest BCUT2D eigenvalue weighted by Crippen LogP contribution is -3.12. The number of anilines is 1. The van der Waals surface area contributed by atoms with Crippen LogP contribution in [0.4, 0.5) is 5.00 Å². The van der Waals surface area contributed by atoms with Gasteiger partial charge < -0.3 is 15.1 Å². The van der Waals surface area contributed by atoms with Gasteiger partial charge in [0.25, 0.3) is 11.8 Å². The number of quaternary nitrogens is 1. The van der Waals surface area contributed by atoms with Crippen LogP contribution in [0.3, 0.4) is 0 Å². The maximum absolute atomic E-state index is 13.3. The summed E-state index contributed by atoms with van der Waals surface area (Å²) in [6.07, 6.45) is 3.04. The predicted octanol–water partition coefficient (Wildman–Crippen LogP) is 1.77. The van der Waals surface area contributed by atoms with Crippen molar-refractivity contribution < 1.29 is 14.5 Å². The number of aryl methyl sites for hydroxylation is 2. The Kier molecular flexibility index (Phi) is 5.02. The third-order valence-electron chi connectivity index (χ3n) is 5.66. The van der Waals surface area contributed by atoms with E-state index in [4.69, 9.17) is 0 Å². The molecular weight excluding hydrogens is 358 g/mol. The Hall–Kier alpha value is -2.18. The van der Waals surface area contributed by atoms with Crippen molar-refractivity contribution in [2.24, 2.45) is 0 Å². The van der Waals surface area contributed by atoms with Crippen molar-refractivity contribution in [2.75, 3.05) is 38.5 Å². The van der Waals surface area contributed by atoms with Gasteiger partial charge in [-0.1, -0.05) is 18.2 Å². The molecule has 0 radical (unpaired) electrons. The highest BCUT2D eigenvalue weighted by molar-refractivity contribution is 7.17. The van der Waals surface area contributed by atoms with Gasteiger partial charge in [0.1, 0.15) is 5.00 Å². The van der Waals surface area contributed by atoms with E-state index in [1.807, 2.05) is 36.1 Å². The molecule has 1 saturated heterocycles.